The average molecular weight is 342 g/mol. The minimum Gasteiger partial charge on any atom is -0.497 e. The van der Waals surface area contributed by atoms with Gasteiger partial charge in [0, 0.05) is 11.8 Å². The van der Waals surface area contributed by atoms with E-state index in [1.54, 1.807) is 18.2 Å². The predicted molar refractivity (Wildman–Crippen MR) is 97.3 cm³/mol. The lowest BCUT2D eigenvalue weighted by Gasteiger charge is -2.12. The standard InChI is InChI=1S/C19H22N2O4/c1-12-7-13(2)9-14(8-12)20-18(22)11-19(23)21-16-10-15(24-3)5-6-17(16)25-4/h5-10H,11H2,1-4H3,(H,20,22)(H,21,23). The molecule has 0 aliphatic heterocycles. The molecule has 0 unspecified atom stereocenters. The maximum atomic E-state index is 12.1. The Morgan fingerprint density at radius 2 is 1.52 bits per heavy atom. The highest BCUT2D eigenvalue weighted by Crippen LogP contribution is 2.29. The van der Waals surface area contributed by atoms with Gasteiger partial charge < -0.3 is 20.1 Å². The van der Waals surface area contributed by atoms with Crippen LogP contribution in [0.3, 0.4) is 0 Å². The Morgan fingerprint density at radius 3 is 2.12 bits per heavy atom. The van der Waals surface area contributed by atoms with Crippen LogP contribution in [0.4, 0.5) is 11.4 Å². The molecule has 2 amide bonds. The van der Waals surface area contributed by atoms with Crippen molar-refractivity contribution in [3.05, 3.63) is 47.5 Å². The maximum absolute atomic E-state index is 12.1. The largest absolute Gasteiger partial charge is 0.497 e. The molecule has 0 bridgehead atoms. The number of methoxy groups -OCH3 is 2. The fourth-order valence-electron chi connectivity index (χ4n) is 2.50. The molecule has 132 valence electrons. The van der Waals surface area contributed by atoms with Crippen molar-refractivity contribution in [1.29, 1.82) is 0 Å². The molecule has 0 saturated heterocycles. The monoisotopic (exact) mass is 342 g/mol. The molecule has 2 N–H and O–H groups in total. The first-order valence-electron chi connectivity index (χ1n) is 7.81. The van der Waals surface area contributed by atoms with Crippen molar-refractivity contribution in [2.24, 2.45) is 0 Å². The second-order valence-electron chi connectivity index (χ2n) is 5.72. The molecule has 2 aromatic carbocycles. The fourth-order valence-corrected chi connectivity index (χ4v) is 2.50. The molecule has 0 saturated carbocycles. The van der Waals surface area contributed by atoms with Gasteiger partial charge >= 0.3 is 0 Å². The second kappa shape index (κ2) is 8.19. The van der Waals surface area contributed by atoms with Crippen molar-refractivity contribution < 1.29 is 19.1 Å². The van der Waals surface area contributed by atoms with Gasteiger partial charge in [0.25, 0.3) is 0 Å². The summed E-state index contributed by atoms with van der Waals surface area (Å²) in [4.78, 5) is 24.2. The number of hydrogen-bond donors (Lipinski definition) is 2. The third-order valence-corrected chi connectivity index (χ3v) is 3.51. The molecule has 2 aromatic rings. The normalized spacial score (nSPS) is 10.1. The van der Waals surface area contributed by atoms with Gasteiger partial charge in [0.1, 0.15) is 17.9 Å². The lowest BCUT2D eigenvalue weighted by atomic mass is 10.1. The van der Waals surface area contributed by atoms with E-state index >= 15 is 0 Å². The molecule has 25 heavy (non-hydrogen) atoms. The number of rotatable bonds is 6. The summed E-state index contributed by atoms with van der Waals surface area (Å²) in [5, 5.41) is 5.41. The molecule has 0 spiro atoms. The molecule has 2 rings (SSSR count). The van der Waals surface area contributed by atoms with Crippen molar-refractivity contribution in [1.82, 2.24) is 0 Å². The smallest absolute Gasteiger partial charge is 0.233 e. The zero-order chi connectivity index (χ0) is 18.4. The SMILES string of the molecule is COc1ccc(OC)c(NC(=O)CC(=O)Nc2cc(C)cc(C)c2)c1. The van der Waals surface area contributed by atoms with E-state index in [0.29, 0.717) is 22.9 Å². The zero-order valence-electron chi connectivity index (χ0n) is 14.8. The van der Waals surface area contributed by atoms with E-state index in [2.05, 4.69) is 10.6 Å². The molecule has 0 aromatic heterocycles. The number of hydrogen-bond acceptors (Lipinski definition) is 4. The number of ether oxygens (including phenoxy) is 2. The molecule has 6 nitrogen and oxygen atoms in total. The molecule has 0 aliphatic rings. The van der Waals surface area contributed by atoms with Crippen LogP contribution < -0.4 is 20.1 Å². The van der Waals surface area contributed by atoms with Crippen LogP contribution in [0.25, 0.3) is 0 Å². The number of aryl methyl sites for hydroxylation is 2. The third-order valence-electron chi connectivity index (χ3n) is 3.51. The summed E-state index contributed by atoms with van der Waals surface area (Å²) in [6.07, 6.45) is -0.298. The Bertz CT molecular complexity index is 767. The van der Waals surface area contributed by atoms with Gasteiger partial charge in [-0.05, 0) is 49.2 Å². The summed E-state index contributed by atoms with van der Waals surface area (Å²) in [5.74, 6) is 0.248. The average Bonchev–Trinajstić information content (AvgIpc) is 2.53. The van der Waals surface area contributed by atoms with Gasteiger partial charge in [0.15, 0.2) is 0 Å². The summed E-state index contributed by atoms with van der Waals surface area (Å²) >= 11 is 0. The van der Waals surface area contributed by atoms with E-state index in [0.717, 1.165) is 11.1 Å². The zero-order valence-corrected chi connectivity index (χ0v) is 14.8. The van der Waals surface area contributed by atoms with Crippen LogP contribution in [-0.4, -0.2) is 26.0 Å². The van der Waals surface area contributed by atoms with Crippen molar-refractivity contribution in [3.63, 3.8) is 0 Å². The summed E-state index contributed by atoms with van der Waals surface area (Å²) in [7, 11) is 3.04. The van der Waals surface area contributed by atoms with E-state index in [-0.39, 0.29) is 12.3 Å². The highest BCUT2D eigenvalue weighted by Gasteiger charge is 2.13. The van der Waals surface area contributed by atoms with Gasteiger partial charge in [-0.15, -0.1) is 0 Å². The van der Waals surface area contributed by atoms with Crippen LogP contribution in [0, 0.1) is 13.8 Å². The van der Waals surface area contributed by atoms with Crippen molar-refractivity contribution in [2.45, 2.75) is 20.3 Å². The number of benzene rings is 2. The molecule has 0 heterocycles. The van der Waals surface area contributed by atoms with Crippen molar-refractivity contribution in [2.75, 3.05) is 24.9 Å². The van der Waals surface area contributed by atoms with E-state index < -0.39 is 5.91 Å². The Balaban J connectivity index is 2.01. The summed E-state index contributed by atoms with van der Waals surface area (Å²) in [6, 6.07) is 10.8. The fraction of sp³-hybridized carbons (Fsp3) is 0.263. The van der Waals surface area contributed by atoms with Gasteiger partial charge in [-0.1, -0.05) is 6.07 Å². The van der Waals surface area contributed by atoms with Crippen molar-refractivity contribution >= 4 is 23.2 Å². The molecule has 0 fully saturated rings. The van der Waals surface area contributed by atoms with Crippen LogP contribution >= 0.6 is 0 Å². The number of anilines is 2. The lowest BCUT2D eigenvalue weighted by Crippen LogP contribution is -2.21. The van der Waals surface area contributed by atoms with Gasteiger partial charge in [-0.2, -0.15) is 0 Å². The van der Waals surface area contributed by atoms with Gasteiger partial charge in [0.05, 0.1) is 19.9 Å². The Hall–Kier alpha value is -3.02. The molecule has 0 aliphatic carbocycles. The molecule has 0 atom stereocenters. The highest BCUT2D eigenvalue weighted by molar-refractivity contribution is 6.08. The van der Waals surface area contributed by atoms with E-state index in [1.807, 2.05) is 32.0 Å². The van der Waals surface area contributed by atoms with Crippen molar-refractivity contribution in [3.8, 4) is 11.5 Å². The number of carbonyl (C=O) groups is 2. The summed E-state index contributed by atoms with van der Waals surface area (Å²) in [5.41, 5.74) is 3.21. The maximum Gasteiger partial charge on any atom is 0.233 e. The van der Waals surface area contributed by atoms with E-state index in [1.165, 1.54) is 14.2 Å². The molecule has 0 radical (unpaired) electrons. The van der Waals surface area contributed by atoms with Crippen LogP contribution in [0.1, 0.15) is 17.5 Å². The minimum atomic E-state index is -0.437. The van der Waals surface area contributed by atoms with Gasteiger partial charge in [-0.3, -0.25) is 9.59 Å². The quantitative estimate of drug-likeness (QED) is 0.790. The molecule has 6 heteroatoms. The lowest BCUT2D eigenvalue weighted by molar-refractivity contribution is -0.123. The Labute approximate surface area is 147 Å². The predicted octanol–water partition coefficient (Wildman–Crippen LogP) is 3.29. The Kier molecular flexibility index (Phi) is 6.00. The minimum absolute atomic E-state index is 0.298. The first-order valence-corrected chi connectivity index (χ1v) is 7.81. The number of nitrogens with one attached hydrogen (secondary N) is 2. The van der Waals surface area contributed by atoms with Gasteiger partial charge in [-0.25, -0.2) is 0 Å². The topological polar surface area (TPSA) is 76.7 Å². The van der Waals surface area contributed by atoms with Crippen LogP contribution in [0.2, 0.25) is 0 Å². The van der Waals surface area contributed by atoms with E-state index in [9.17, 15) is 9.59 Å². The molecular weight excluding hydrogens is 320 g/mol. The summed E-state index contributed by atoms with van der Waals surface area (Å²) < 4.78 is 10.3. The van der Waals surface area contributed by atoms with Crippen LogP contribution in [0.5, 0.6) is 11.5 Å². The van der Waals surface area contributed by atoms with Crippen LogP contribution in [-0.2, 0) is 9.59 Å². The number of amides is 2. The Morgan fingerprint density at radius 1 is 0.880 bits per heavy atom. The first-order chi connectivity index (χ1) is 11.9. The highest BCUT2D eigenvalue weighted by atomic mass is 16.5. The molecular formula is C19H22N2O4. The van der Waals surface area contributed by atoms with Crippen LogP contribution in [0.15, 0.2) is 36.4 Å². The number of carbonyl (C=O) groups excluding carboxylic acids is 2. The third kappa shape index (κ3) is 5.24. The van der Waals surface area contributed by atoms with E-state index in [4.69, 9.17) is 9.47 Å². The first kappa shape index (κ1) is 18.3. The summed E-state index contributed by atoms with van der Waals surface area (Å²) in [6.45, 7) is 3.90. The van der Waals surface area contributed by atoms with Gasteiger partial charge in [0.2, 0.25) is 11.8 Å². The second-order valence-corrected chi connectivity index (χ2v) is 5.72.